The van der Waals surface area contributed by atoms with Gasteiger partial charge in [-0.05, 0) is 47.3 Å². The molecule has 0 heterocycles. The number of hydrogen-bond donors (Lipinski definition) is 0. The molecule has 6 rings (SSSR count). The molecule has 0 atom stereocenters. The zero-order valence-corrected chi connectivity index (χ0v) is 5.92. The fraction of sp³-hybridized carbons (Fsp3) is 1.00. The summed E-state index contributed by atoms with van der Waals surface area (Å²) >= 11 is 0. The Bertz CT molecular complexity index is 115. The summed E-state index contributed by atoms with van der Waals surface area (Å²) in [5, 5.41) is 0. The molecule has 50 valence electrons. The van der Waals surface area contributed by atoms with Crippen LogP contribution < -0.4 is 0 Å². The molecule has 0 N–H and O–H groups in total. The van der Waals surface area contributed by atoms with E-state index in [1.807, 2.05) is 0 Å². The van der Waals surface area contributed by atoms with Crippen molar-refractivity contribution in [1.82, 2.24) is 0 Å². The van der Waals surface area contributed by atoms with Crippen molar-refractivity contribution in [3.05, 3.63) is 0 Å². The molecule has 0 aliphatic heterocycles. The molecule has 6 fully saturated rings. The molecule has 0 nitrogen and oxygen atoms in total. The van der Waals surface area contributed by atoms with Gasteiger partial charge >= 0.3 is 0 Å². The standard InChI is InChI=1S/C8H8.Ni/c1-2-5-3(1)7-4(1)6(2)8(5)7;/h1-8H;. The van der Waals surface area contributed by atoms with Crippen LogP contribution in [0.2, 0.25) is 0 Å². The predicted octanol–water partition coefficient (Wildman–Crippen LogP) is 0.982. The fourth-order valence-electron chi connectivity index (χ4n) is 5.29. The molecule has 0 aromatic carbocycles. The van der Waals surface area contributed by atoms with E-state index >= 15 is 0 Å². The van der Waals surface area contributed by atoms with E-state index in [1.54, 1.807) is 0 Å². The second kappa shape index (κ2) is 0.795. The molecule has 6 saturated carbocycles. The van der Waals surface area contributed by atoms with Gasteiger partial charge in [0.05, 0.1) is 0 Å². The van der Waals surface area contributed by atoms with Crippen molar-refractivity contribution in [2.75, 3.05) is 0 Å². The topological polar surface area (TPSA) is 0 Å². The van der Waals surface area contributed by atoms with Gasteiger partial charge in [-0.3, -0.25) is 0 Å². The average Bonchev–Trinajstić information content (AvgIpc) is 1.90. The van der Waals surface area contributed by atoms with Crippen molar-refractivity contribution >= 4 is 0 Å². The maximum Gasteiger partial charge on any atom is 0 e. The normalized spacial score (nSPS) is 96.0. The summed E-state index contributed by atoms with van der Waals surface area (Å²) in [7, 11) is 0. The third-order valence-corrected chi connectivity index (χ3v) is 5.33. The predicted molar refractivity (Wildman–Crippen MR) is 27.9 cm³/mol. The molecule has 0 aromatic rings. The Kier molecular flexibility index (Phi) is 0.388. The summed E-state index contributed by atoms with van der Waals surface area (Å²) < 4.78 is 0. The molecule has 0 amide bonds. The van der Waals surface area contributed by atoms with Crippen LogP contribution in [-0.2, 0) is 16.5 Å². The maximum absolute atomic E-state index is 1.33. The van der Waals surface area contributed by atoms with E-state index in [1.165, 1.54) is 47.3 Å². The molecule has 9 heavy (non-hydrogen) atoms. The molecular formula is C8H8Ni. The summed E-state index contributed by atoms with van der Waals surface area (Å²) in [5.41, 5.74) is 0. The summed E-state index contributed by atoms with van der Waals surface area (Å²) in [6.07, 6.45) is 0. The molecule has 0 bridgehead atoms. The first-order valence-corrected chi connectivity index (χ1v) is 4.00. The third kappa shape index (κ3) is 0.152. The van der Waals surface area contributed by atoms with E-state index in [2.05, 4.69) is 0 Å². The molecule has 6 aliphatic rings. The van der Waals surface area contributed by atoms with Crippen molar-refractivity contribution in [1.29, 1.82) is 0 Å². The molecule has 0 aromatic heterocycles. The maximum atomic E-state index is 1.33. The largest absolute Gasteiger partial charge is 0.0312 e. The van der Waals surface area contributed by atoms with Gasteiger partial charge in [-0.15, -0.1) is 0 Å². The molecular weight excluding hydrogens is 155 g/mol. The quantitative estimate of drug-likeness (QED) is 0.467. The van der Waals surface area contributed by atoms with Gasteiger partial charge in [0, 0.05) is 16.5 Å². The van der Waals surface area contributed by atoms with Crippen LogP contribution in [-0.4, -0.2) is 0 Å². The van der Waals surface area contributed by atoms with E-state index in [-0.39, 0.29) is 16.5 Å². The molecule has 0 spiro atoms. The van der Waals surface area contributed by atoms with E-state index < -0.39 is 0 Å². The van der Waals surface area contributed by atoms with Crippen LogP contribution in [0, 0.1) is 47.3 Å². The van der Waals surface area contributed by atoms with Crippen LogP contribution in [0.4, 0.5) is 0 Å². The summed E-state index contributed by atoms with van der Waals surface area (Å²) in [5.74, 6) is 10.7. The SMILES string of the molecule is C12C3C4C1C1C2C3C41.[Ni]. The Labute approximate surface area is 64.3 Å². The average molecular weight is 163 g/mol. The number of rotatable bonds is 0. The van der Waals surface area contributed by atoms with E-state index in [4.69, 9.17) is 0 Å². The van der Waals surface area contributed by atoms with E-state index in [9.17, 15) is 0 Å². The Hall–Kier alpha value is 0.494. The monoisotopic (exact) mass is 162 g/mol. The van der Waals surface area contributed by atoms with Gasteiger partial charge in [0.25, 0.3) is 0 Å². The van der Waals surface area contributed by atoms with Crippen LogP contribution in [0.3, 0.4) is 0 Å². The van der Waals surface area contributed by atoms with Gasteiger partial charge in [0.1, 0.15) is 0 Å². The van der Waals surface area contributed by atoms with Crippen LogP contribution >= 0.6 is 0 Å². The van der Waals surface area contributed by atoms with Gasteiger partial charge in [-0.1, -0.05) is 0 Å². The second-order valence-corrected chi connectivity index (χ2v) is 4.62. The van der Waals surface area contributed by atoms with Gasteiger partial charge in [-0.25, -0.2) is 0 Å². The third-order valence-electron chi connectivity index (χ3n) is 5.33. The Morgan fingerprint density at radius 3 is 0.556 bits per heavy atom. The van der Waals surface area contributed by atoms with Crippen LogP contribution in [0.15, 0.2) is 0 Å². The summed E-state index contributed by atoms with van der Waals surface area (Å²) in [4.78, 5) is 0. The van der Waals surface area contributed by atoms with Crippen LogP contribution in [0.1, 0.15) is 0 Å². The zero-order chi connectivity index (χ0) is 4.62. The number of hydrogen-bond acceptors (Lipinski definition) is 0. The van der Waals surface area contributed by atoms with Crippen molar-refractivity contribution in [2.24, 2.45) is 47.3 Å². The molecule has 0 unspecified atom stereocenters. The van der Waals surface area contributed by atoms with Crippen LogP contribution in [0.25, 0.3) is 0 Å². The summed E-state index contributed by atoms with van der Waals surface area (Å²) in [6, 6.07) is 0. The Morgan fingerprint density at radius 2 is 0.444 bits per heavy atom. The zero-order valence-electron chi connectivity index (χ0n) is 4.94. The first kappa shape index (κ1) is 4.39. The van der Waals surface area contributed by atoms with Gasteiger partial charge < -0.3 is 0 Å². The van der Waals surface area contributed by atoms with Crippen molar-refractivity contribution < 1.29 is 16.5 Å². The van der Waals surface area contributed by atoms with Gasteiger partial charge in [-0.2, -0.15) is 0 Å². The second-order valence-electron chi connectivity index (χ2n) is 4.62. The van der Waals surface area contributed by atoms with E-state index in [0.717, 1.165) is 0 Å². The minimum Gasteiger partial charge on any atom is -0.0312 e. The van der Waals surface area contributed by atoms with E-state index in [0.29, 0.717) is 0 Å². The van der Waals surface area contributed by atoms with Crippen molar-refractivity contribution in [3.63, 3.8) is 0 Å². The first-order valence-electron chi connectivity index (χ1n) is 4.00. The van der Waals surface area contributed by atoms with Crippen molar-refractivity contribution in [2.45, 2.75) is 0 Å². The molecule has 0 saturated heterocycles. The minimum absolute atomic E-state index is 0. The Morgan fingerprint density at radius 1 is 0.333 bits per heavy atom. The minimum atomic E-state index is 0. The van der Waals surface area contributed by atoms with Crippen molar-refractivity contribution in [3.8, 4) is 0 Å². The van der Waals surface area contributed by atoms with Gasteiger partial charge in [0.2, 0.25) is 0 Å². The molecule has 1 heteroatoms. The summed E-state index contributed by atoms with van der Waals surface area (Å²) in [6.45, 7) is 0. The molecule has 0 radical (unpaired) electrons. The smallest absolute Gasteiger partial charge is 0 e. The molecule has 6 aliphatic carbocycles. The first-order chi connectivity index (χ1) is 4.00. The van der Waals surface area contributed by atoms with Crippen LogP contribution in [0.5, 0.6) is 0 Å². The fourth-order valence-corrected chi connectivity index (χ4v) is 5.29. The van der Waals surface area contributed by atoms with Gasteiger partial charge in [0.15, 0.2) is 0 Å². The Balaban J connectivity index is 0.000000288.